The topological polar surface area (TPSA) is 88.4 Å². The predicted octanol–water partition coefficient (Wildman–Crippen LogP) is 3.75. The van der Waals surface area contributed by atoms with E-state index in [2.05, 4.69) is 11.4 Å². The van der Waals surface area contributed by atoms with Crippen molar-refractivity contribution in [3.05, 3.63) is 48.0 Å². The lowest BCUT2D eigenvalue weighted by atomic mass is 9.83. The summed E-state index contributed by atoms with van der Waals surface area (Å²) in [6.45, 7) is -0.399. The maximum Gasteiger partial charge on any atom is 0.331 e. The number of fused-ring (bicyclic) bond motifs is 1. The molecule has 0 aliphatic heterocycles. The number of methoxy groups -OCH3 is 1. The molecule has 1 fully saturated rings. The Balaban J connectivity index is 1.53. The van der Waals surface area contributed by atoms with Crippen LogP contribution in [0.15, 0.2) is 42.5 Å². The first-order valence-corrected chi connectivity index (χ1v) is 9.68. The Bertz CT molecular complexity index is 968. The highest BCUT2D eigenvalue weighted by Gasteiger charge is 2.33. The van der Waals surface area contributed by atoms with Crippen molar-refractivity contribution in [1.29, 1.82) is 5.26 Å². The summed E-state index contributed by atoms with van der Waals surface area (Å²) in [7, 11) is 1.62. The van der Waals surface area contributed by atoms with Crippen molar-refractivity contribution in [3.8, 4) is 11.8 Å². The van der Waals surface area contributed by atoms with Gasteiger partial charge in [0.2, 0.25) is 0 Å². The molecule has 1 aliphatic carbocycles. The molecular weight excluding hydrogens is 368 g/mol. The third-order valence-electron chi connectivity index (χ3n) is 5.13. The highest BCUT2D eigenvalue weighted by molar-refractivity contribution is 5.91. The second kappa shape index (κ2) is 9.24. The fraction of sp³-hybridized carbons (Fsp3) is 0.348. The van der Waals surface area contributed by atoms with Crippen molar-refractivity contribution < 1.29 is 19.1 Å². The number of hydrogen-bond acceptors (Lipinski definition) is 5. The molecule has 0 atom stereocenters. The molecule has 6 nitrogen and oxygen atoms in total. The van der Waals surface area contributed by atoms with Gasteiger partial charge in [0.05, 0.1) is 13.2 Å². The molecular formula is C23H24N2O4. The van der Waals surface area contributed by atoms with Crippen LogP contribution in [0.4, 0.5) is 0 Å². The van der Waals surface area contributed by atoms with E-state index in [0.29, 0.717) is 12.8 Å². The van der Waals surface area contributed by atoms with Gasteiger partial charge in [-0.15, -0.1) is 0 Å². The van der Waals surface area contributed by atoms with Gasteiger partial charge in [0, 0.05) is 6.08 Å². The van der Waals surface area contributed by atoms with Crippen LogP contribution >= 0.6 is 0 Å². The van der Waals surface area contributed by atoms with E-state index in [-0.39, 0.29) is 0 Å². The highest BCUT2D eigenvalue weighted by atomic mass is 16.5. The SMILES string of the molecule is COc1ccc2cc(/C=C/C(=O)OCC(=O)NC3(C#N)CCCCC3)ccc2c1. The molecule has 0 bridgehead atoms. The maximum atomic E-state index is 12.1. The molecule has 3 rings (SSSR count). The molecule has 0 radical (unpaired) electrons. The number of nitrogens with one attached hydrogen (secondary N) is 1. The van der Waals surface area contributed by atoms with Gasteiger partial charge in [-0.3, -0.25) is 4.79 Å². The Hall–Kier alpha value is -3.33. The van der Waals surface area contributed by atoms with Gasteiger partial charge in [-0.1, -0.05) is 37.5 Å². The van der Waals surface area contributed by atoms with Crippen molar-refractivity contribution in [3.63, 3.8) is 0 Å². The van der Waals surface area contributed by atoms with Crippen molar-refractivity contribution in [2.24, 2.45) is 0 Å². The van der Waals surface area contributed by atoms with Crippen molar-refractivity contribution >= 4 is 28.7 Å². The molecule has 2 aromatic rings. The Labute approximate surface area is 170 Å². The number of ether oxygens (including phenoxy) is 2. The van der Waals surface area contributed by atoms with Gasteiger partial charge in [0.15, 0.2) is 6.61 Å². The molecule has 1 amide bonds. The predicted molar refractivity (Wildman–Crippen MR) is 110 cm³/mol. The van der Waals surface area contributed by atoms with Crippen molar-refractivity contribution in [1.82, 2.24) is 5.32 Å². The number of carbonyl (C=O) groups is 2. The first-order chi connectivity index (χ1) is 14.0. The van der Waals surface area contributed by atoms with Gasteiger partial charge in [-0.05, 0) is 53.5 Å². The minimum Gasteiger partial charge on any atom is -0.497 e. The summed E-state index contributed by atoms with van der Waals surface area (Å²) in [4.78, 5) is 24.0. The van der Waals surface area contributed by atoms with E-state index >= 15 is 0 Å². The molecule has 2 aromatic carbocycles. The molecule has 0 spiro atoms. The van der Waals surface area contributed by atoms with Crippen LogP contribution in [0, 0.1) is 11.3 Å². The monoisotopic (exact) mass is 392 g/mol. The largest absolute Gasteiger partial charge is 0.497 e. The number of carbonyl (C=O) groups excluding carboxylic acids is 2. The van der Waals surface area contributed by atoms with Crippen LogP contribution in [-0.4, -0.2) is 31.1 Å². The van der Waals surface area contributed by atoms with Gasteiger partial charge in [0.1, 0.15) is 11.3 Å². The number of nitrogens with zero attached hydrogens (tertiary/aromatic N) is 1. The molecule has 0 heterocycles. The van der Waals surface area contributed by atoms with Gasteiger partial charge < -0.3 is 14.8 Å². The number of hydrogen-bond donors (Lipinski definition) is 1. The van der Waals surface area contributed by atoms with Crippen LogP contribution in [0.1, 0.15) is 37.7 Å². The summed E-state index contributed by atoms with van der Waals surface area (Å²) in [5.41, 5.74) is 0.0143. The minimum atomic E-state index is -0.828. The standard InChI is InChI=1S/C23H24N2O4/c1-28-20-9-8-18-13-17(5-7-19(18)14-20)6-10-22(27)29-15-21(26)25-23(16-24)11-3-2-4-12-23/h5-10,13-14H,2-4,11-12,15H2,1H3,(H,25,26)/b10-6+. The first-order valence-electron chi connectivity index (χ1n) is 9.68. The lowest BCUT2D eigenvalue weighted by Crippen LogP contribution is -2.49. The van der Waals surface area contributed by atoms with E-state index < -0.39 is 24.0 Å². The van der Waals surface area contributed by atoms with E-state index in [4.69, 9.17) is 9.47 Å². The van der Waals surface area contributed by atoms with Gasteiger partial charge in [-0.2, -0.15) is 5.26 Å². The molecule has 0 saturated heterocycles. The molecule has 1 aliphatic rings. The summed E-state index contributed by atoms with van der Waals surface area (Å²) < 4.78 is 10.2. The summed E-state index contributed by atoms with van der Waals surface area (Å²) >= 11 is 0. The zero-order chi connectivity index (χ0) is 20.7. The third-order valence-corrected chi connectivity index (χ3v) is 5.13. The number of nitriles is 1. The summed E-state index contributed by atoms with van der Waals surface area (Å²) in [5.74, 6) is -0.270. The zero-order valence-corrected chi connectivity index (χ0v) is 16.4. The van der Waals surface area contributed by atoms with Gasteiger partial charge in [0.25, 0.3) is 5.91 Å². The molecule has 0 unspecified atom stereocenters. The number of benzene rings is 2. The zero-order valence-electron chi connectivity index (χ0n) is 16.4. The van der Waals surface area contributed by atoms with E-state index in [0.717, 1.165) is 41.3 Å². The molecule has 29 heavy (non-hydrogen) atoms. The van der Waals surface area contributed by atoms with Crippen molar-refractivity contribution in [2.45, 2.75) is 37.6 Å². The van der Waals surface area contributed by atoms with E-state index in [9.17, 15) is 14.9 Å². The highest BCUT2D eigenvalue weighted by Crippen LogP contribution is 2.27. The van der Waals surface area contributed by atoms with E-state index in [1.54, 1.807) is 13.2 Å². The van der Waals surface area contributed by atoms with E-state index in [1.165, 1.54) is 6.08 Å². The minimum absolute atomic E-state index is 0.399. The molecule has 6 heteroatoms. The fourth-order valence-electron chi connectivity index (χ4n) is 3.55. The lowest BCUT2D eigenvalue weighted by Gasteiger charge is -2.31. The summed E-state index contributed by atoms with van der Waals surface area (Å²) in [5, 5.41) is 14.2. The number of amides is 1. The van der Waals surface area contributed by atoms with Crippen LogP contribution in [0.2, 0.25) is 0 Å². The Morgan fingerprint density at radius 2 is 1.86 bits per heavy atom. The van der Waals surface area contributed by atoms with E-state index in [1.807, 2.05) is 36.4 Å². The quantitative estimate of drug-likeness (QED) is 0.597. The smallest absolute Gasteiger partial charge is 0.331 e. The maximum absolute atomic E-state index is 12.1. The lowest BCUT2D eigenvalue weighted by molar-refractivity contribution is -0.144. The third kappa shape index (κ3) is 5.35. The average Bonchev–Trinajstić information content (AvgIpc) is 2.76. The molecule has 1 saturated carbocycles. The number of rotatable bonds is 6. The normalized spacial score (nSPS) is 15.6. The van der Waals surface area contributed by atoms with Crippen molar-refractivity contribution in [2.75, 3.05) is 13.7 Å². The summed E-state index contributed by atoms with van der Waals surface area (Å²) in [6, 6.07) is 13.8. The molecule has 0 aromatic heterocycles. The molecule has 1 N–H and O–H groups in total. The fourth-order valence-corrected chi connectivity index (χ4v) is 3.55. The Morgan fingerprint density at radius 1 is 1.14 bits per heavy atom. The summed E-state index contributed by atoms with van der Waals surface area (Å²) in [6.07, 6.45) is 7.10. The van der Waals surface area contributed by atoms with Crippen LogP contribution in [0.25, 0.3) is 16.8 Å². The second-order valence-corrected chi connectivity index (χ2v) is 7.22. The number of esters is 1. The second-order valence-electron chi connectivity index (χ2n) is 7.22. The van der Waals surface area contributed by atoms with Crippen LogP contribution in [-0.2, 0) is 14.3 Å². The van der Waals surface area contributed by atoms with Gasteiger partial charge >= 0.3 is 5.97 Å². The van der Waals surface area contributed by atoms with Crippen LogP contribution in [0.5, 0.6) is 5.75 Å². The van der Waals surface area contributed by atoms with Crippen LogP contribution < -0.4 is 10.1 Å². The average molecular weight is 392 g/mol. The van der Waals surface area contributed by atoms with Gasteiger partial charge in [-0.25, -0.2) is 4.79 Å². The van der Waals surface area contributed by atoms with Crippen LogP contribution in [0.3, 0.4) is 0 Å². The molecule has 150 valence electrons. The Morgan fingerprint density at radius 3 is 2.59 bits per heavy atom. The first kappa shape index (κ1) is 20.4. The Kier molecular flexibility index (Phi) is 6.50.